The maximum Gasteiger partial charge on any atom is 0.416 e. The summed E-state index contributed by atoms with van der Waals surface area (Å²) in [6.45, 7) is 3.33. The van der Waals surface area contributed by atoms with Crippen molar-refractivity contribution in [2.24, 2.45) is 0 Å². The van der Waals surface area contributed by atoms with Crippen molar-refractivity contribution in [2.45, 2.75) is 25.6 Å². The van der Waals surface area contributed by atoms with E-state index in [0.29, 0.717) is 32.0 Å². The van der Waals surface area contributed by atoms with E-state index in [1.807, 2.05) is 29.2 Å². The van der Waals surface area contributed by atoms with Gasteiger partial charge in [0.15, 0.2) is 0 Å². The van der Waals surface area contributed by atoms with E-state index in [-0.39, 0.29) is 18.0 Å². The molecule has 0 spiro atoms. The molecule has 0 aromatic heterocycles. The molecule has 2 aromatic carbocycles. The van der Waals surface area contributed by atoms with Crippen LogP contribution >= 0.6 is 0 Å². The molecule has 9 heteroatoms. The maximum absolute atomic E-state index is 13.4. The van der Waals surface area contributed by atoms with Crippen LogP contribution < -0.4 is 10.2 Å². The Balaban J connectivity index is 1.62. The third-order valence-electron chi connectivity index (χ3n) is 5.80. The van der Waals surface area contributed by atoms with Crippen molar-refractivity contribution >= 4 is 29.3 Å². The molecule has 0 bridgehead atoms. The molecule has 0 saturated carbocycles. The van der Waals surface area contributed by atoms with Gasteiger partial charge in [0.25, 0.3) is 0 Å². The van der Waals surface area contributed by atoms with Gasteiger partial charge in [-0.1, -0.05) is 24.3 Å². The number of nitrogens with zero attached hydrogens (tertiary/aromatic N) is 2. The fourth-order valence-electron chi connectivity index (χ4n) is 4.18. The molecule has 33 heavy (non-hydrogen) atoms. The molecule has 1 saturated heterocycles. The van der Waals surface area contributed by atoms with Crippen LogP contribution in [0.15, 0.2) is 48.7 Å². The SMILES string of the molecule is CC(=O)N1C=Cc2ccccc2[C@H]1CC(=O)Nc1cc(C(F)(F)F)ccc1N1CCOCC1. The number of nitrogens with one attached hydrogen (secondary N) is 1. The molecule has 2 amide bonds. The lowest BCUT2D eigenvalue weighted by atomic mass is 9.93. The predicted molar refractivity (Wildman–Crippen MR) is 118 cm³/mol. The molecule has 0 unspecified atom stereocenters. The number of carbonyl (C=O) groups excluding carboxylic acids is 2. The highest BCUT2D eigenvalue weighted by Crippen LogP contribution is 2.37. The van der Waals surface area contributed by atoms with Crippen molar-refractivity contribution in [2.75, 3.05) is 36.5 Å². The normalized spacial score (nSPS) is 18.1. The number of rotatable bonds is 4. The summed E-state index contributed by atoms with van der Waals surface area (Å²) in [5.41, 5.74) is 1.45. The summed E-state index contributed by atoms with van der Waals surface area (Å²) in [5, 5.41) is 2.67. The summed E-state index contributed by atoms with van der Waals surface area (Å²) in [6.07, 6.45) is -1.21. The first-order valence-corrected chi connectivity index (χ1v) is 10.6. The van der Waals surface area contributed by atoms with E-state index in [1.165, 1.54) is 17.9 Å². The zero-order valence-corrected chi connectivity index (χ0v) is 18.1. The highest BCUT2D eigenvalue weighted by atomic mass is 19.4. The molecule has 174 valence electrons. The summed E-state index contributed by atoms with van der Waals surface area (Å²) in [7, 11) is 0. The third kappa shape index (κ3) is 5.03. The smallest absolute Gasteiger partial charge is 0.378 e. The molecule has 1 atom stereocenters. The first-order chi connectivity index (χ1) is 15.7. The van der Waals surface area contributed by atoms with Crippen molar-refractivity contribution in [3.05, 3.63) is 65.4 Å². The maximum atomic E-state index is 13.4. The minimum absolute atomic E-state index is 0.0886. The lowest BCUT2D eigenvalue weighted by Crippen LogP contribution is -2.37. The number of benzene rings is 2. The largest absolute Gasteiger partial charge is 0.416 e. The van der Waals surface area contributed by atoms with Crippen molar-refractivity contribution in [1.29, 1.82) is 0 Å². The molecule has 4 rings (SSSR count). The molecular formula is C24H24F3N3O3. The Kier molecular flexibility index (Phi) is 6.42. The molecule has 0 aliphatic carbocycles. The number of amides is 2. The van der Waals surface area contributed by atoms with Gasteiger partial charge >= 0.3 is 6.18 Å². The topological polar surface area (TPSA) is 61.9 Å². The number of hydrogen-bond donors (Lipinski definition) is 1. The zero-order valence-electron chi connectivity index (χ0n) is 18.1. The Hall–Kier alpha value is -3.33. The van der Waals surface area contributed by atoms with E-state index in [1.54, 1.807) is 12.3 Å². The lowest BCUT2D eigenvalue weighted by molar-refractivity contribution is -0.137. The van der Waals surface area contributed by atoms with E-state index in [0.717, 1.165) is 23.3 Å². The minimum Gasteiger partial charge on any atom is -0.378 e. The van der Waals surface area contributed by atoms with Crippen molar-refractivity contribution in [3.63, 3.8) is 0 Å². The highest BCUT2D eigenvalue weighted by Gasteiger charge is 2.33. The van der Waals surface area contributed by atoms with Gasteiger partial charge in [0.1, 0.15) is 0 Å². The fraction of sp³-hybridized carbons (Fsp3) is 0.333. The van der Waals surface area contributed by atoms with Crippen LogP contribution in [-0.4, -0.2) is 43.0 Å². The molecule has 2 aliphatic heterocycles. The standard InChI is InChI=1S/C24H24F3N3O3/c1-16(31)30-9-8-17-4-2-3-5-19(17)22(30)15-23(32)28-20-14-18(24(25,26)27)6-7-21(20)29-10-12-33-13-11-29/h2-9,14,22H,10-13,15H2,1H3,(H,28,32)/t22-/m1/s1. The van der Waals surface area contributed by atoms with E-state index in [4.69, 9.17) is 4.74 Å². The predicted octanol–water partition coefficient (Wildman–Crippen LogP) is 4.44. The molecule has 2 aromatic rings. The Bertz CT molecular complexity index is 1080. The Morgan fingerprint density at radius 2 is 1.85 bits per heavy atom. The molecule has 6 nitrogen and oxygen atoms in total. The second kappa shape index (κ2) is 9.27. The number of morpholine rings is 1. The zero-order chi connectivity index (χ0) is 23.6. The van der Waals surface area contributed by atoms with Crippen LogP contribution in [0.5, 0.6) is 0 Å². The number of carbonyl (C=O) groups is 2. The van der Waals surface area contributed by atoms with Crippen LogP contribution in [0, 0.1) is 0 Å². The van der Waals surface area contributed by atoms with Gasteiger partial charge in [0.2, 0.25) is 11.8 Å². The molecule has 1 fully saturated rings. The van der Waals surface area contributed by atoms with Crippen LogP contribution in [0.25, 0.3) is 6.08 Å². The monoisotopic (exact) mass is 459 g/mol. The van der Waals surface area contributed by atoms with Crippen LogP contribution in [0.1, 0.15) is 36.1 Å². The molecule has 1 N–H and O–H groups in total. The summed E-state index contributed by atoms with van der Waals surface area (Å²) in [6, 6.07) is 10.2. The average molecular weight is 459 g/mol. The molecule has 2 heterocycles. The van der Waals surface area contributed by atoms with Gasteiger partial charge in [-0.3, -0.25) is 9.59 Å². The van der Waals surface area contributed by atoms with Crippen LogP contribution in [-0.2, 0) is 20.5 Å². The van der Waals surface area contributed by atoms with E-state index in [2.05, 4.69) is 5.32 Å². The molecule has 2 aliphatic rings. The Labute approximate surface area is 189 Å². The number of halogens is 3. The highest BCUT2D eigenvalue weighted by molar-refractivity contribution is 5.95. The number of alkyl halides is 3. The van der Waals surface area contributed by atoms with Crippen LogP contribution in [0.2, 0.25) is 0 Å². The summed E-state index contributed by atoms with van der Waals surface area (Å²) in [5.74, 6) is -0.711. The van der Waals surface area contributed by atoms with Crippen LogP contribution in [0.4, 0.5) is 24.5 Å². The van der Waals surface area contributed by atoms with Crippen molar-refractivity contribution in [1.82, 2.24) is 4.90 Å². The van der Waals surface area contributed by atoms with Gasteiger partial charge in [-0.25, -0.2) is 0 Å². The van der Waals surface area contributed by atoms with Gasteiger partial charge in [0, 0.05) is 26.2 Å². The van der Waals surface area contributed by atoms with Crippen molar-refractivity contribution < 1.29 is 27.5 Å². The van der Waals surface area contributed by atoms with Gasteiger partial charge in [0.05, 0.1) is 42.6 Å². The second-order valence-electron chi connectivity index (χ2n) is 7.97. The number of ether oxygens (including phenoxy) is 1. The third-order valence-corrected chi connectivity index (χ3v) is 5.80. The first kappa shape index (κ1) is 22.8. The molecular weight excluding hydrogens is 435 g/mol. The molecule has 0 radical (unpaired) electrons. The summed E-state index contributed by atoms with van der Waals surface area (Å²) in [4.78, 5) is 28.6. The van der Waals surface area contributed by atoms with Gasteiger partial charge in [-0.15, -0.1) is 0 Å². The number of hydrogen-bond acceptors (Lipinski definition) is 4. The van der Waals surface area contributed by atoms with E-state index >= 15 is 0 Å². The Morgan fingerprint density at radius 1 is 1.12 bits per heavy atom. The van der Waals surface area contributed by atoms with Crippen LogP contribution in [0.3, 0.4) is 0 Å². The van der Waals surface area contributed by atoms with Gasteiger partial charge in [-0.05, 0) is 35.4 Å². The second-order valence-corrected chi connectivity index (χ2v) is 7.97. The minimum atomic E-state index is -4.54. The van der Waals surface area contributed by atoms with Gasteiger partial charge < -0.3 is 19.9 Å². The van der Waals surface area contributed by atoms with Crippen molar-refractivity contribution in [3.8, 4) is 0 Å². The van der Waals surface area contributed by atoms with Gasteiger partial charge in [-0.2, -0.15) is 13.2 Å². The Morgan fingerprint density at radius 3 is 2.55 bits per heavy atom. The first-order valence-electron chi connectivity index (χ1n) is 10.6. The van der Waals surface area contributed by atoms with E-state index in [9.17, 15) is 22.8 Å². The number of fused-ring (bicyclic) bond motifs is 1. The fourth-order valence-corrected chi connectivity index (χ4v) is 4.18. The lowest BCUT2D eigenvalue weighted by Gasteiger charge is -2.33. The van der Waals surface area contributed by atoms with E-state index < -0.39 is 23.7 Å². The average Bonchev–Trinajstić information content (AvgIpc) is 2.79. The summed E-state index contributed by atoms with van der Waals surface area (Å²) < 4.78 is 45.4. The number of anilines is 2. The summed E-state index contributed by atoms with van der Waals surface area (Å²) >= 11 is 0. The quantitative estimate of drug-likeness (QED) is 0.734.